The third kappa shape index (κ3) is 2.44. The molecule has 3 heteroatoms. The van der Waals surface area contributed by atoms with Crippen molar-refractivity contribution in [1.82, 2.24) is 5.06 Å². The molecule has 0 radical (unpaired) electrons. The number of terminal acetylenes is 1. The zero-order chi connectivity index (χ0) is 13.8. The number of benzene rings is 1. The van der Waals surface area contributed by atoms with Crippen molar-refractivity contribution >= 4 is 5.70 Å². The minimum Gasteiger partial charge on any atom is -0.235 e. The van der Waals surface area contributed by atoms with Gasteiger partial charge in [-0.2, -0.15) is 0 Å². The number of alkyl halides is 1. The van der Waals surface area contributed by atoms with Crippen LogP contribution in [-0.2, 0) is 4.84 Å². The molecule has 0 N–H and O–H groups in total. The summed E-state index contributed by atoms with van der Waals surface area (Å²) in [7, 11) is 0. The summed E-state index contributed by atoms with van der Waals surface area (Å²) < 4.78 is 12.6. The molecule has 0 bridgehead atoms. The molecule has 1 aromatic carbocycles. The Morgan fingerprint density at radius 3 is 2.63 bits per heavy atom. The molecular weight excluding hydrogens is 241 g/mol. The SMILES string of the molecule is C#CC1=CC(C)=C(c2ccccc2)N(OCF)C1=C. The average Bonchev–Trinajstić information content (AvgIpc) is 2.44. The summed E-state index contributed by atoms with van der Waals surface area (Å²) in [6.07, 6.45) is 7.27. The summed E-state index contributed by atoms with van der Waals surface area (Å²) in [5.41, 5.74) is 3.62. The molecule has 1 aromatic rings. The Bertz CT molecular complexity index is 593. The fourth-order valence-corrected chi connectivity index (χ4v) is 2.03. The molecule has 2 rings (SSSR count). The Labute approximate surface area is 112 Å². The van der Waals surface area contributed by atoms with Crippen LogP contribution in [0, 0.1) is 12.3 Å². The molecule has 0 spiro atoms. The Kier molecular flexibility index (Phi) is 3.84. The second-order valence-corrected chi connectivity index (χ2v) is 4.08. The minimum atomic E-state index is -0.944. The molecule has 0 aromatic heterocycles. The van der Waals surface area contributed by atoms with Gasteiger partial charge >= 0.3 is 0 Å². The lowest BCUT2D eigenvalue weighted by Crippen LogP contribution is -2.25. The van der Waals surface area contributed by atoms with E-state index in [1.165, 1.54) is 5.06 Å². The monoisotopic (exact) mass is 255 g/mol. The summed E-state index contributed by atoms with van der Waals surface area (Å²) in [5, 5.41) is 1.36. The van der Waals surface area contributed by atoms with Gasteiger partial charge in [0.25, 0.3) is 0 Å². The van der Waals surface area contributed by atoms with Gasteiger partial charge in [-0.05, 0) is 18.6 Å². The van der Waals surface area contributed by atoms with Gasteiger partial charge in [-0.25, -0.2) is 14.3 Å². The molecule has 0 unspecified atom stereocenters. The van der Waals surface area contributed by atoms with Crippen LogP contribution >= 0.6 is 0 Å². The third-order valence-electron chi connectivity index (χ3n) is 2.87. The van der Waals surface area contributed by atoms with Gasteiger partial charge in [-0.3, -0.25) is 0 Å². The van der Waals surface area contributed by atoms with Gasteiger partial charge in [-0.15, -0.1) is 6.42 Å². The van der Waals surface area contributed by atoms with Crippen LogP contribution in [0.2, 0.25) is 0 Å². The summed E-state index contributed by atoms with van der Waals surface area (Å²) in [6, 6.07) is 9.59. The van der Waals surface area contributed by atoms with Crippen molar-refractivity contribution in [2.24, 2.45) is 0 Å². The summed E-state index contributed by atoms with van der Waals surface area (Å²) in [5.74, 6) is 2.53. The van der Waals surface area contributed by atoms with Crippen molar-refractivity contribution in [2.45, 2.75) is 6.92 Å². The summed E-state index contributed by atoms with van der Waals surface area (Å²) >= 11 is 0. The first-order valence-corrected chi connectivity index (χ1v) is 5.82. The van der Waals surface area contributed by atoms with Crippen LogP contribution in [0.25, 0.3) is 5.70 Å². The van der Waals surface area contributed by atoms with Crippen LogP contribution in [0.4, 0.5) is 4.39 Å². The predicted octanol–water partition coefficient (Wildman–Crippen LogP) is 3.67. The zero-order valence-electron chi connectivity index (χ0n) is 10.7. The second-order valence-electron chi connectivity index (χ2n) is 4.08. The quantitative estimate of drug-likeness (QED) is 0.764. The number of allylic oxidation sites excluding steroid dienone is 3. The molecule has 0 atom stereocenters. The van der Waals surface area contributed by atoms with Crippen LogP contribution in [-0.4, -0.2) is 11.9 Å². The van der Waals surface area contributed by atoms with Gasteiger partial charge in [-0.1, -0.05) is 42.8 Å². The van der Waals surface area contributed by atoms with Gasteiger partial charge in [0, 0.05) is 5.56 Å². The molecule has 96 valence electrons. The lowest BCUT2D eigenvalue weighted by Gasteiger charge is -2.31. The summed E-state index contributed by atoms with van der Waals surface area (Å²) in [6.45, 7) is 4.83. The highest BCUT2D eigenvalue weighted by molar-refractivity contribution is 5.74. The Morgan fingerprint density at radius 2 is 2.05 bits per heavy atom. The number of hydroxylamine groups is 2. The van der Waals surface area contributed by atoms with E-state index in [-0.39, 0.29) is 0 Å². The molecule has 1 aliphatic rings. The molecule has 2 nitrogen and oxygen atoms in total. The van der Waals surface area contributed by atoms with E-state index in [4.69, 9.17) is 11.3 Å². The molecule has 19 heavy (non-hydrogen) atoms. The third-order valence-corrected chi connectivity index (χ3v) is 2.87. The highest BCUT2D eigenvalue weighted by Gasteiger charge is 2.24. The lowest BCUT2D eigenvalue weighted by atomic mass is 9.99. The van der Waals surface area contributed by atoms with Crippen molar-refractivity contribution in [3.05, 3.63) is 65.4 Å². The van der Waals surface area contributed by atoms with Crippen LogP contribution in [0.1, 0.15) is 12.5 Å². The number of hydrogen-bond donors (Lipinski definition) is 0. The predicted molar refractivity (Wildman–Crippen MR) is 74.0 cm³/mol. The van der Waals surface area contributed by atoms with E-state index in [1.807, 2.05) is 43.3 Å². The molecule has 0 saturated heterocycles. The average molecular weight is 255 g/mol. The molecule has 0 fully saturated rings. The highest BCUT2D eigenvalue weighted by Crippen LogP contribution is 2.34. The number of halogens is 1. The van der Waals surface area contributed by atoms with Crippen molar-refractivity contribution in [3.8, 4) is 12.3 Å². The van der Waals surface area contributed by atoms with E-state index in [0.717, 1.165) is 16.8 Å². The zero-order valence-corrected chi connectivity index (χ0v) is 10.7. The topological polar surface area (TPSA) is 12.5 Å². The largest absolute Gasteiger partial charge is 0.235 e. The standard InChI is InChI=1S/C16H14FNO/c1-4-14-10-12(2)16(15-8-6-5-7-9-15)18(13(14)3)19-11-17/h1,5-10H,3,11H2,2H3. The van der Waals surface area contributed by atoms with Crippen LogP contribution in [0.5, 0.6) is 0 Å². The maximum absolute atomic E-state index is 12.6. The fourth-order valence-electron chi connectivity index (χ4n) is 2.03. The van der Waals surface area contributed by atoms with Crippen LogP contribution in [0.15, 0.2) is 59.8 Å². The normalized spacial score (nSPS) is 15.3. The van der Waals surface area contributed by atoms with E-state index in [9.17, 15) is 4.39 Å². The Hall–Kier alpha value is -2.31. The first-order valence-electron chi connectivity index (χ1n) is 5.82. The number of nitrogens with zero attached hydrogens (tertiary/aromatic N) is 1. The molecule has 0 amide bonds. The molecule has 0 aliphatic carbocycles. The first-order chi connectivity index (χ1) is 9.19. The van der Waals surface area contributed by atoms with Crippen molar-refractivity contribution in [1.29, 1.82) is 0 Å². The molecular formula is C16H14FNO. The van der Waals surface area contributed by atoms with Crippen LogP contribution in [0.3, 0.4) is 0 Å². The Balaban J connectivity index is 2.56. The molecule has 0 saturated carbocycles. The van der Waals surface area contributed by atoms with E-state index < -0.39 is 6.86 Å². The number of rotatable bonds is 3. The second kappa shape index (κ2) is 5.55. The maximum atomic E-state index is 12.6. The molecule has 1 heterocycles. The summed E-state index contributed by atoms with van der Waals surface area (Å²) in [4.78, 5) is 5.04. The van der Waals surface area contributed by atoms with Crippen molar-refractivity contribution in [3.63, 3.8) is 0 Å². The Morgan fingerprint density at radius 1 is 1.37 bits per heavy atom. The van der Waals surface area contributed by atoms with Crippen molar-refractivity contribution in [2.75, 3.05) is 6.86 Å². The smallest absolute Gasteiger partial charge is 0.215 e. The van der Waals surface area contributed by atoms with Gasteiger partial charge in [0.2, 0.25) is 6.86 Å². The lowest BCUT2D eigenvalue weighted by molar-refractivity contribution is -0.119. The van der Waals surface area contributed by atoms with E-state index >= 15 is 0 Å². The van der Waals surface area contributed by atoms with Gasteiger partial charge < -0.3 is 0 Å². The first kappa shape index (κ1) is 13.1. The van der Waals surface area contributed by atoms with E-state index in [2.05, 4.69) is 12.5 Å². The van der Waals surface area contributed by atoms with E-state index in [0.29, 0.717) is 11.3 Å². The number of hydrogen-bond acceptors (Lipinski definition) is 2. The van der Waals surface area contributed by atoms with Crippen molar-refractivity contribution < 1.29 is 9.23 Å². The molecule has 1 aliphatic heterocycles. The highest BCUT2D eigenvalue weighted by atomic mass is 19.1. The van der Waals surface area contributed by atoms with Gasteiger partial charge in [0.05, 0.1) is 17.0 Å². The van der Waals surface area contributed by atoms with E-state index in [1.54, 1.807) is 0 Å². The maximum Gasteiger partial charge on any atom is 0.215 e. The minimum absolute atomic E-state index is 0.463. The van der Waals surface area contributed by atoms with Gasteiger partial charge in [0.15, 0.2) is 0 Å². The van der Waals surface area contributed by atoms with Crippen LogP contribution < -0.4 is 0 Å². The fraction of sp³-hybridized carbons (Fsp3) is 0.125. The van der Waals surface area contributed by atoms with Gasteiger partial charge in [0.1, 0.15) is 0 Å².